The summed E-state index contributed by atoms with van der Waals surface area (Å²) in [6.45, 7) is 0. The van der Waals surface area contributed by atoms with Gasteiger partial charge in [-0.05, 0) is 24.3 Å². The minimum atomic E-state index is -5.76. The molecule has 0 aliphatic heterocycles. The van der Waals surface area contributed by atoms with Crippen molar-refractivity contribution in [1.29, 1.82) is 0 Å². The van der Waals surface area contributed by atoms with Crippen LogP contribution in [0.25, 0.3) is 0 Å². The zero-order valence-corrected chi connectivity index (χ0v) is 9.32. The Morgan fingerprint density at radius 2 is 1.44 bits per heavy atom. The fraction of sp³-hybridized carbons (Fsp3) is 0.250. The predicted molar refractivity (Wildman–Crippen MR) is 52.4 cm³/mol. The monoisotopic (exact) mass is 290 g/mol. The van der Waals surface area contributed by atoms with Gasteiger partial charge in [0.05, 0.1) is 4.90 Å². The van der Waals surface area contributed by atoms with Gasteiger partial charge < -0.3 is 5.32 Å². The highest BCUT2D eigenvalue weighted by Gasteiger charge is 2.57. The van der Waals surface area contributed by atoms with E-state index in [1.165, 1.54) is 0 Å². The maximum absolute atomic E-state index is 12.6. The Kier molecular flexibility index (Phi) is 3.54. The van der Waals surface area contributed by atoms with Gasteiger partial charge in [-0.25, -0.2) is 13.6 Å². The van der Waals surface area contributed by atoms with Crippen LogP contribution in [-0.2, 0) is 10.0 Å². The summed E-state index contributed by atoms with van der Waals surface area (Å²) in [5, 5.41) is 5.67. The van der Waals surface area contributed by atoms with E-state index in [-0.39, 0.29) is 0 Å². The van der Waals surface area contributed by atoms with Crippen LogP contribution in [0.3, 0.4) is 0 Å². The van der Waals surface area contributed by atoms with Gasteiger partial charge in [0, 0.05) is 5.69 Å². The lowest BCUT2D eigenvalue weighted by atomic mass is 10.3. The standard InChI is InChI=1S/C8H7F5N2O2S/c9-7(10,11)8(12,13)15-5-1-3-6(4-2-5)18(14,16)17/h1-4,15H,(H2,14,16,17). The van der Waals surface area contributed by atoms with Crippen LogP contribution in [0.2, 0.25) is 0 Å². The number of hydrogen-bond acceptors (Lipinski definition) is 3. The van der Waals surface area contributed by atoms with Crippen molar-refractivity contribution in [3.8, 4) is 0 Å². The average Bonchev–Trinajstić information content (AvgIpc) is 2.14. The largest absolute Gasteiger partial charge is 0.475 e. The van der Waals surface area contributed by atoms with Gasteiger partial charge in [-0.15, -0.1) is 0 Å². The predicted octanol–water partition coefficient (Wildman–Crippen LogP) is 1.90. The van der Waals surface area contributed by atoms with E-state index in [1.54, 1.807) is 0 Å². The maximum atomic E-state index is 12.6. The van der Waals surface area contributed by atoms with Crippen LogP contribution in [0.4, 0.5) is 27.6 Å². The molecule has 1 aromatic rings. The molecule has 0 radical (unpaired) electrons. The molecular weight excluding hydrogens is 283 g/mol. The van der Waals surface area contributed by atoms with Gasteiger partial charge in [-0.1, -0.05) is 0 Å². The minimum absolute atomic E-state index is 0.400. The number of anilines is 1. The molecule has 10 heteroatoms. The Labute approximate surface area is 98.6 Å². The summed E-state index contributed by atoms with van der Waals surface area (Å²) in [4.78, 5) is -0.400. The summed E-state index contributed by atoms with van der Waals surface area (Å²) >= 11 is 0. The van der Waals surface area contributed by atoms with E-state index in [2.05, 4.69) is 0 Å². The molecular formula is C8H7F5N2O2S. The number of benzene rings is 1. The normalized spacial score (nSPS) is 13.4. The molecule has 1 aromatic carbocycles. The highest BCUT2D eigenvalue weighted by Crippen LogP contribution is 2.36. The van der Waals surface area contributed by atoms with Gasteiger partial charge in [0.25, 0.3) is 0 Å². The molecule has 0 unspecified atom stereocenters. The first kappa shape index (κ1) is 14.6. The molecule has 0 amide bonds. The number of primary sulfonamides is 1. The van der Waals surface area contributed by atoms with E-state index < -0.39 is 32.8 Å². The van der Waals surface area contributed by atoms with Crippen molar-refractivity contribution in [3.05, 3.63) is 24.3 Å². The van der Waals surface area contributed by atoms with Gasteiger partial charge >= 0.3 is 12.2 Å². The number of nitrogens with two attached hydrogens (primary N) is 1. The quantitative estimate of drug-likeness (QED) is 0.659. The molecule has 0 atom stereocenters. The fourth-order valence-corrected chi connectivity index (χ4v) is 1.50. The van der Waals surface area contributed by atoms with Crippen LogP contribution in [0.1, 0.15) is 0 Å². The smallest absolute Gasteiger partial charge is 0.319 e. The fourth-order valence-electron chi connectivity index (χ4n) is 0.980. The number of rotatable bonds is 3. The Morgan fingerprint density at radius 1 is 1.00 bits per heavy atom. The van der Waals surface area contributed by atoms with Crippen LogP contribution in [-0.4, -0.2) is 20.6 Å². The molecule has 0 aromatic heterocycles. The molecule has 0 fully saturated rings. The molecule has 0 heterocycles. The summed E-state index contributed by atoms with van der Waals surface area (Å²) in [7, 11) is -4.03. The first-order valence-corrected chi connectivity index (χ1v) is 5.84. The van der Waals surface area contributed by atoms with Crippen molar-refractivity contribution >= 4 is 15.7 Å². The van der Waals surface area contributed by atoms with E-state index in [0.29, 0.717) is 0 Å². The summed E-state index contributed by atoms with van der Waals surface area (Å²) in [6, 6.07) is -2.00. The number of alkyl halides is 5. The van der Waals surface area contributed by atoms with Crippen LogP contribution in [0.15, 0.2) is 29.2 Å². The lowest BCUT2D eigenvalue weighted by Gasteiger charge is -2.21. The lowest BCUT2D eigenvalue weighted by Crippen LogP contribution is -2.43. The van der Waals surface area contributed by atoms with Gasteiger partial charge in [-0.3, -0.25) is 0 Å². The number of hydrogen-bond donors (Lipinski definition) is 2. The Bertz CT molecular complexity index is 523. The topological polar surface area (TPSA) is 72.2 Å². The van der Waals surface area contributed by atoms with Gasteiger partial charge in [0.1, 0.15) is 0 Å². The zero-order valence-electron chi connectivity index (χ0n) is 8.50. The second kappa shape index (κ2) is 4.35. The maximum Gasteiger partial charge on any atom is 0.475 e. The first-order valence-electron chi connectivity index (χ1n) is 4.29. The second-order valence-corrected chi connectivity index (χ2v) is 4.83. The molecule has 0 saturated carbocycles. The molecule has 0 bridgehead atoms. The lowest BCUT2D eigenvalue weighted by molar-refractivity contribution is -0.268. The number of halogens is 5. The molecule has 0 spiro atoms. The highest BCUT2D eigenvalue weighted by atomic mass is 32.2. The molecule has 4 nitrogen and oxygen atoms in total. The zero-order chi connectivity index (χ0) is 14.2. The van der Waals surface area contributed by atoms with Crippen molar-refractivity contribution < 1.29 is 30.4 Å². The summed E-state index contributed by atoms with van der Waals surface area (Å²) in [6.07, 6.45) is -5.76. The second-order valence-electron chi connectivity index (χ2n) is 3.27. The van der Waals surface area contributed by atoms with E-state index in [9.17, 15) is 30.4 Å². The van der Waals surface area contributed by atoms with Gasteiger partial charge in [0.2, 0.25) is 10.0 Å². The van der Waals surface area contributed by atoms with Crippen LogP contribution in [0.5, 0.6) is 0 Å². The summed E-state index contributed by atoms with van der Waals surface area (Å²) in [5.41, 5.74) is -0.593. The SMILES string of the molecule is NS(=O)(=O)c1ccc(NC(F)(F)C(F)(F)F)cc1. The average molecular weight is 290 g/mol. The molecule has 0 aliphatic rings. The molecule has 102 valence electrons. The van der Waals surface area contributed by atoms with Gasteiger partial charge in [0.15, 0.2) is 0 Å². The van der Waals surface area contributed by atoms with Crippen molar-refractivity contribution in [2.45, 2.75) is 17.1 Å². The Morgan fingerprint density at radius 3 is 1.78 bits per heavy atom. The number of nitrogens with one attached hydrogen (secondary N) is 1. The van der Waals surface area contributed by atoms with Crippen LogP contribution >= 0.6 is 0 Å². The Balaban J connectivity index is 2.95. The van der Waals surface area contributed by atoms with Crippen molar-refractivity contribution in [2.24, 2.45) is 5.14 Å². The highest BCUT2D eigenvalue weighted by molar-refractivity contribution is 7.89. The Hall–Kier alpha value is -1.42. The van der Waals surface area contributed by atoms with E-state index in [0.717, 1.165) is 29.6 Å². The summed E-state index contributed by atoms with van der Waals surface area (Å²) < 4.78 is 82.4. The van der Waals surface area contributed by atoms with Crippen molar-refractivity contribution in [3.63, 3.8) is 0 Å². The third-order valence-electron chi connectivity index (χ3n) is 1.84. The third kappa shape index (κ3) is 3.29. The molecule has 0 aliphatic carbocycles. The van der Waals surface area contributed by atoms with Crippen LogP contribution in [0, 0.1) is 0 Å². The van der Waals surface area contributed by atoms with Crippen molar-refractivity contribution in [1.82, 2.24) is 0 Å². The molecule has 0 saturated heterocycles. The van der Waals surface area contributed by atoms with E-state index in [4.69, 9.17) is 5.14 Å². The number of sulfonamides is 1. The summed E-state index contributed by atoms with van der Waals surface area (Å²) in [5.74, 6) is 0. The van der Waals surface area contributed by atoms with Crippen molar-refractivity contribution in [2.75, 3.05) is 5.32 Å². The molecule has 3 N–H and O–H groups in total. The van der Waals surface area contributed by atoms with E-state index >= 15 is 0 Å². The third-order valence-corrected chi connectivity index (χ3v) is 2.77. The minimum Gasteiger partial charge on any atom is -0.319 e. The molecule has 1 rings (SSSR count). The van der Waals surface area contributed by atoms with Gasteiger partial charge in [-0.2, -0.15) is 22.0 Å². The first-order chi connectivity index (χ1) is 7.93. The molecule has 18 heavy (non-hydrogen) atoms. The van der Waals surface area contributed by atoms with E-state index in [1.807, 2.05) is 0 Å². The van der Waals surface area contributed by atoms with Crippen LogP contribution < -0.4 is 10.5 Å².